The highest BCUT2D eigenvalue weighted by molar-refractivity contribution is 7.91. The molecular formula is C21H24ClN3O4S3. The van der Waals surface area contributed by atoms with Crippen LogP contribution in [0.4, 0.5) is 0 Å². The standard InChI is InChI=1S/C21H24ClN3O4S3/c1-3-25-19-15(29-4-2)8-5-9-16(19)30-21(25)23-20(26)14-7-6-12-24(13-14)32(27,28)18-11-10-17(22)31-18/h5,8-11,14H,3-4,6-7,12-13H2,1-2H3. The van der Waals surface area contributed by atoms with Gasteiger partial charge in [0.25, 0.3) is 15.9 Å². The molecule has 32 heavy (non-hydrogen) atoms. The van der Waals surface area contributed by atoms with Crippen LogP contribution in [0.25, 0.3) is 10.2 Å². The molecule has 1 fully saturated rings. The van der Waals surface area contributed by atoms with Gasteiger partial charge in [-0.2, -0.15) is 9.30 Å². The number of thiazole rings is 1. The molecule has 1 amide bonds. The van der Waals surface area contributed by atoms with Gasteiger partial charge in [0.15, 0.2) is 4.80 Å². The zero-order valence-electron chi connectivity index (χ0n) is 17.8. The van der Waals surface area contributed by atoms with Gasteiger partial charge in [0.2, 0.25) is 0 Å². The third-order valence-electron chi connectivity index (χ3n) is 5.36. The van der Waals surface area contributed by atoms with Gasteiger partial charge < -0.3 is 9.30 Å². The molecule has 3 aromatic rings. The molecule has 172 valence electrons. The van der Waals surface area contributed by atoms with Crippen molar-refractivity contribution >= 4 is 60.4 Å². The first-order chi connectivity index (χ1) is 15.3. The molecule has 2 aromatic heterocycles. The van der Waals surface area contributed by atoms with Crippen LogP contribution in [0.3, 0.4) is 0 Å². The van der Waals surface area contributed by atoms with Crippen LogP contribution in [0.15, 0.2) is 39.5 Å². The van der Waals surface area contributed by atoms with E-state index in [1.54, 1.807) is 6.07 Å². The van der Waals surface area contributed by atoms with Crippen molar-refractivity contribution in [2.45, 2.75) is 37.4 Å². The Hall–Kier alpha value is -1.72. The number of aromatic nitrogens is 1. The number of hydrogen-bond acceptors (Lipinski definition) is 6. The van der Waals surface area contributed by atoms with Gasteiger partial charge in [0, 0.05) is 19.6 Å². The summed E-state index contributed by atoms with van der Waals surface area (Å²) in [6.07, 6.45) is 1.22. The minimum absolute atomic E-state index is 0.126. The van der Waals surface area contributed by atoms with Gasteiger partial charge in [-0.3, -0.25) is 4.79 Å². The first-order valence-corrected chi connectivity index (χ1v) is 13.9. The molecule has 1 aromatic carbocycles. The van der Waals surface area contributed by atoms with Gasteiger partial charge in [0.05, 0.1) is 21.6 Å². The molecule has 1 unspecified atom stereocenters. The highest BCUT2D eigenvalue weighted by Gasteiger charge is 2.34. The Balaban J connectivity index is 1.63. The number of rotatable bonds is 6. The molecule has 11 heteroatoms. The summed E-state index contributed by atoms with van der Waals surface area (Å²) in [5.74, 6) is -0.00166. The third kappa shape index (κ3) is 4.51. The summed E-state index contributed by atoms with van der Waals surface area (Å²) in [5.41, 5.74) is 0.927. The fourth-order valence-corrected chi connectivity index (χ4v) is 8.14. The Kier molecular flexibility index (Phi) is 7.06. The normalized spacial score (nSPS) is 18.3. The lowest BCUT2D eigenvalue weighted by atomic mass is 9.99. The smallest absolute Gasteiger partial charge is 0.252 e. The minimum atomic E-state index is -3.67. The van der Waals surface area contributed by atoms with Crippen molar-refractivity contribution in [1.82, 2.24) is 8.87 Å². The van der Waals surface area contributed by atoms with Crippen molar-refractivity contribution in [2.75, 3.05) is 19.7 Å². The van der Waals surface area contributed by atoms with Gasteiger partial charge in [-0.05, 0) is 51.0 Å². The number of carbonyl (C=O) groups is 1. The van der Waals surface area contributed by atoms with Gasteiger partial charge in [-0.25, -0.2) is 8.42 Å². The molecule has 3 heterocycles. The van der Waals surface area contributed by atoms with Crippen LogP contribution in [0, 0.1) is 5.92 Å². The number of carbonyl (C=O) groups excluding carboxylic acids is 1. The number of para-hydroxylation sites is 1. The summed E-state index contributed by atoms with van der Waals surface area (Å²) >= 11 is 8.39. The number of amides is 1. The predicted octanol–water partition coefficient (Wildman–Crippen LogP) is 4.36. The van der Waals surface area contributed by atoms with Crippen LogP contribution < -0.4 is 9.54 Å². The van der Waals surface area contributed by atoms with Crippen molar-refractivity contribution in [3.05, 3.63) is 39.5 Å². The number of ether oxygens (including phenoxy) is 1. The largest absolute Gasteiger partial charge is 0.492 e. The van der Waals surface area contributed by atoms with Crippen LogP contribution >= 0.6 is 34.3 Å². The van der Waals surface area contributed by atoms with E-state index in [0.29, 0.717) is 41.7 Å². The third-order valence-corrected chi connectivity index (χ3v) is 9.97. The van der Waals surface area contributed by atoms with E-state index in [1.165, 1.54) is 21.7 Å². The van der Waals surface area contributed by atoms with Crippen molar-refractivity contribution < 1.29 is 17.9 Å². The van der Waals surface area contributed by atoms with Crippen LogP contribution in [0.2, 0.25) is 4.34 Å². The number of fused-ring (bicyclic) bond motifs is 1. The van der Waals surface area contributed by atoms with Gasteiger partial charge in [0.1, 0.15) is 15.5 Å². The summed E-state index contributed by atoms with van der Waals surface area (Å²) in [7, 11) is -3.67. The summed E-state index contributed by atoms with van der Waals surface area (Å²) < 4.78 is 36.7. The number of benzene rings is 1. The summed E-state index contributed by atoms with van der Waals surface area (Å²) in [6.45, 7) is 5.63. The van der Waals surface area contributed by atoms with E-state index < -0.39 is 15.9 Å². The first-order valence-electron chi connectivity index (χ1n) is 10.4. The Morgan fingerprint density at radius 1 is 1.25 bits per heavy atom. The highest BCUT2D eigenvalue weighted by atomic mass is 35.5. The van der Waals surface area contributed by atoms with E-state index in [4.69, 9.17) is 16.3 Å². The van der Waals surface area contributed by atoms with Crippen molar-refractivity contribution in [1.29, 1.82) is 0 Å². The average Bonchev–Trinajstić information content (AvgIpc) is 3.38. The molecule has 1 atom stereocenters. The van der Waals surface area contributed by atoms with Gasteiger partial charge in [-0.1, -0.05) is 29.0 Å². The maximum absolute atomic E-state index is 13.1. The fraction of sp³-hybridized carbons (Fsp3) is 0.429. The van der Waals surface area contributed by atoms with E-state index in [9.17, 15) is 13.2 Å². The van der Waals surface area contributed by atoms with Gasteiger partial charge >= 0.3 is 0 Å². The highest BCUT2D eigenvalue weighted by Crippen LogP contribution is 2.31. The lowest BCUT2D eigenvalue weighted by molar-refractivity contribution is -0.122. The van der Waals surface area contributed by atoms with Crippen LogP contribution in [0.5, 0.6) is 5.75 Å². The number of nitrogens with zero attached hydrogens (tertiary/aromatic N) is 3. The monoisotopic (exact) mass is 513 g/mol. The lowest BCUT2D eigenvalue weighted by Crippen LogP contribution is -2.42. The maximum atomic E-state index is 13.1. The van der Waals surface area contributed by atoms with E-state index in [0.717, 1.165) is 27.3 Å². The van der Waals surface area contributed by atoms with Crippen LogP contribution in [-0.4, -0.2) is 42.9 Å². The minimum Gasteiger partial charge on any atom is -0.492 e. The molecule has 7 nitrogen and oxygen atoms in total. The Morgan fingerprint density at radius 3 is 2.75 bits per heavy atom. The number of aryl methyl sites for hydroxylation is 1. The number of sulfonamides is 1. The van der Waals surface area contributed by atoms with Crippen LogP contribution in [-0.2, 0) is 21.4 Å². The molecule has 0 bridgehead atoms. The molecule has 1 aliphatic heterocycles. The molecule has 0 N–H and O–H groups in total. The fourth-order valence-electron chi connectivity index (χ4n) is 3.86. The van der Waals surface area contributed by atoms with Gasteiger partial charge in [-0.15, -0.1) is 11.3 Å². The van der Waals surface area contributed by atoms with Crippen molar-refractivity contribution in [2.24, 2.45) is 10.9 Å². The Morgan fingerprint density at radius 2 is 2.06 bits per heavy atom. The van der Waals surface area contributed by atoms with E-state index in [-0.39, 0.29) is 16.7 Å². The zero-order valence-corrected chi connectivity index (χ0v) is 21.0. The van der Waals surface area contributed by atoms with E-state index in [1.807, 2.05) is 36.6 Å². The average molecular weight is 514 g/mol. The Bertz CT molecular complexity index is 1310. The summed E-state index contributed by atoms with van der Waals surface area (Å²) in [4.78, 5) is 18.1. The zero-order chi connectivity index (χ0) is 22.9. The molecule has 0 saturated carbocycles. The molecule has 1 aliphatic rings. The quantitative estimate of drug-likeness (QED) is 0.490. The first kappa shape index (κ1) is 23.4. The SMILES string of the molecule is CCOc1cccc2sc(=NC(=O)C3CCCN(S(=O)(=O)c4ccc(Cl)s4)C3)n(CC)c12. The van der Waals surface area contributed by atoms with Crippen LogP contribution in [0.1, 0.15) is 26.7 Å². The molecule has 4 rings (SSSR count). The molecule has 1 saturated heterocycles. The van der Waals surface area contributed by atoms with Crippen molar-refractivity contribution in [3.8, 4) is 5.75 Å². The topological polar surface area (TPSA) is 81.0 Å². The van der Waals surface area contributed by atoms with Crippen molar-refractivity contribution in [3.63, 3.8) is 0 Å². The summed E-state index contributed by atoms with van der Waals surface area (Å²) in [6, 6.07) is 8.91. The predicted molar refractivity (Wildman–Crippen MR) is 128 cm³/mol. The maximum Gasteiger partial charge on any atom is 0.252 e. The number of piperidine rings is 1. The van der Waals surface area contributed by atoms with E-state index >= 15 is 0 Å². The lowest BCUT2D eigenvalue weighted by Gasteiger charge is -2.29. The number of halogens is 1. The molecule has 0 radical (unpaired) electrons. The molecule has 0 spiro atoms. The molecular weight excluding hydrogens is 490 g/mol. The van der Waals surface area contributed by atoms with E-state index in [2.05, 4.69) is 4.99 Å². The second-order valence-electron chi connectivity index (χ2n) is 7.38. The summed E-state index contributed by atoms with van der Waals surface area (Å²) in [5, 5.41) is 0. The number of thiophene rings is 1. The number of hydrogen-bond donors (Lipinski definition) is 0. The molecule has 0 aliphatic carbocycles. The Labute approximate surface area is 200 Å². The second kappa shape index (κ2) is 9.64. The second-order valence-corrected chi connectivity index (χ2v) is 12.3.